The third-order valence-corrected chi connectivity index (χ3v) is 3.63. The molecule has 0 bridgehead atoms. The summed E-state index contributed by atoms with van der Waals surface area (Å²) in [5, 5.41) is 5.93. The lowest BCUT2D eigenvalue weighted by Gasteiger charge is -2.09. The van der Waals surface area contributed by atoms with Crippen LogP contribution in [-0.4, -0.2) is 9.78 Å². The Balaban J connectivity index is 2.59. The molecule has 0 aliphatic rings. The van der Waals surface area contributed by atoms with E-state index in [1.165, 1.54) is 28.6 Å². The largest absolute Gasteiger partial charge is 0.268 e. The Kier molecular flexibility index (Phi) is 3.23. The van der Waals surface area contributed by atoms with Crippen LogP contribution in [0.4, 0.5) is 0 Å². The molecule has 0 aliphatic carbocycles. The fraction of sp³-hybridized carbons (Fsp3) is 0.533. The summed E-state index contributed by atoms with van der Waals surface area (Å²) >= 11 is 0. The first-order valence-corrected chi connectivity index (χ1v) is 6.51. The van der Waals surface area contributed by atoms with E-state index in [1.54, 1.807) is 0 Å². The first kappa shape index (κ1) is 12.2. The summed E-state index contributed by atoms with van der Waals surface area (Å²) in [6.45, 7) is 8.91. The first-order chi connectivity index (χ1) is 8.04. The second-order valence-electron chi connectivity index (χ2n) is 5.25. The molecular weight excluding hydrogens is 208 g/mol. The molecule has 1 heterocycles. The van der Waals surface area contributed by atoms with E-state index in [2.05, 4.69) is 51.0 Å². The zero-order valence-electron chi connectivity index (χ0n) is 11.5. The minimum atomic E-state index is 0.480. The molecule has 0 fully saturated rings. The van der Waals surface area contributed by atoms with E-state index in [0.717, 1.165) is 0 Å². The number of hydrogen-bond acceptors (Lipinski definition) is 1. The highest BCUT2D eigenvalue weighted by Gasteiger charge is 2.13. The van der Waals surface area contributed by atoms with Crippen LogP contribution in [0, 0.1) is 0 Å². The third kappa shape index (κ3) is 2.08. The van der Waals surface area contributed by atoms with Crippen molar-refractivity contribution in [3.8, 4) is 0 Å². The molecule has 0 radical (unpaired) electrons. The van der Waals surface area contributed by atoms with E-state index >= 15 is 0 Å². The fourth-order valence-electron chi connectivity index (χ4n) is 2.27. The molecule has 2 nitrogen and oxygen atoms in total. The first-order valence-electron chi connectivity index (χ1n) is 6.51. The number of aromatic nitrogens is 2. The molecule has 0 amide bonds. The van der Waals surface area contributed by atoms with Gasteiger partial charge in [-0.2, -0.15) is 5.10 Å². The molecule has 92 valence electrons. The van der Waals surface area contributed by atoms with Gasteiger partial charge in [0.1, 0.15) is 0 Å². The third-order valence-electron chi connectivity index (χ3n) is 3.63. The van der Waals surface area contributed by atoms with Crippen molar-refractivity contribution in [2.75, 3.05) is 0 Å². The molecule has 0 N–H and O–H groups in total. The van der Waals surface area contributed by atoms with E-state index in [9.17, 15) is 0 Å². The smallest absolute Gasteiger partial charge is 0.0728 e. The SMILES string of the molecule is CCC(C)c1ccc2c(C(C)C)nn(C)c2c1. The minimum Gasteiger partial charge on any atom is -0.268 e. The molecule has 0 aliphatic heterocycles. The van der Waals surface area contributed by atoms with Gasteiger partial charge in [-0.25, -0.2) is 0 Å². The van der Waals surface area contributed by atoms with Crippen LogP contribution in [0.1, 0.15) is 57.2 Å². The van der Waals surface area contributed by atoms with Crippen LogP contribution in [0.2, 0.25) is 0 Å². The van der Waals surface area contributed by atoms with Crippen LogP contribution in [0.5, 0.6) is 0 Å². The molecule has 2 heteroatoms. The Bertz CT molecular complexity index is 523. The highest BCUT2D eigenvalue weighted by molar-refractivity contribution is 5.83. The fourth-order valence-corrected chi connectivity index (χ4v) is 2.27. The number of benzene rings is 1. The summed E-state index contributed by atoms with van der Waals surface area (Å²) in [6, 6.07) is 6.78. The average molecular weight is 230 g/mol. The number of rotatable bonds is 3. The van der Waals surface area contributed by atoms with Gasteiger partial charge in [0, 0.05) is 12.4 Å². The lowest BCUT2D eigenvalue weighted by atomic mass is 9.96. The van der Waals surface area contributed by atoms with Crippen LogP contribution in [0.15, 0.2) is 18.2 Å². The predicted molar refractivity (Wildman–Crippen MR) is 73.5 cm³/mol. The van der Waals surface area contributed by atoms with E-state index in [4.69, 9.17) is 0 Å². The average Bonchev–Trinajstić information content (AvgIpc) is 2.65. The van der Waals surface area contributed by atoms with E-state index < -0.39 is 0 Å². The van der Waals surface area contributed by atoms with Crippen LogP contribution < -0.4 is 0 Å². The molecular formula is C15H22N2. The van der Waals surface area contributed by atoms with Crippen molar-refractivity contribution in [1.82, 2.24) is 9.78 Å². The summed E-state index contributed by atoms with van der Waals surface area (Å²) < 4.78 is 2.01. The molecule has 17 heavy (non-hydrogen) atoms. The van der Waals surface area contributed by atoms with Crippen molar-refractivity contribution >= 4 is 10.9 Å². The summed E-state index contributed by atoms with van der Waals surface area (Å²) in [4.78, 5) is 0. The summed E-state index contributed by atoms with van der Waals surface area (Å²) in [5.41, 5.74) is 3.88. The molecule has 1 aromatic carbocycles. The van der Waals surface area contributed by atoms with E-state index in [1.807, 2.05) is 11.7 Å². The number of fused-ring (bicyclic) bond motifs is 1. The summed E-state index contributed by atoms with van der Waals surface area (Å²) in [6.07, 6.45) is 1.18. The Hall–Kier alpha value is -1.31. The van der Waals surface area contributed by atoms with Crippen molar-refractivity contribution in [2.24, 2.45) is 7.05 Å². The van der Waals surface area contributed by atoms with Crippen molar-refractivity contribution in [3.05, 3.63) is 29.5 Å². The molecule has 2 rings (SSSR count). The summed E-state index contributed by atoms with van der Waals surface area (Å²) in [5.74, 6) is 1.10. The van der Waals surface area contributed by atoms with Gasteiger partial charge in [0.25, 0.3) is 0 Å². The molecule has 0 saturated carbocycles. The van der Waals surface area contributed by atoms with E-state index in [-0.39, 0.29) is 0 Å². The summed E-state index contributed by atoms with van der Waals surface area (Å²) in [7, 11) is 2.04. The standard InChI is InChI=1S/C15H22N2/c1-6-11(4)12-7-8-13-14(9-12)17(5)16-15(13)10(2)3/h7-11H,6H2,1-5H3. The molecule has 1 atom stereocenters. The van der Waals surface area contributed by atoms with Gasteiger partial charge >= 0.3 is 0 Å². The Morgan fingerprint density at radius 1 is 1.24 bits per heavy atom. The number of nitrogens with zero attached hydrogens (tertiary/aromatic N) is 2. The molecule has 2 aromatic rings. The maximum atomic E-state index is 4.63. The lowest BCUT2D eigenvalue weighted by molar-refractivity contribution is 0.723. The van der Waals surface area contributed by atoms with E-state index in [0.29, 0.717) is 11.8 Å². The Morgan fingerprint density at radius 3 is 2.53 bits per heavy atom. The molecule has 0 spiro atoms. The van der Waals surface area contributed by atoms with Gasteiger partial charge < -0.3 is 0 Å². The molecule has 0 saturated heterocycles. The monoisotopic (exact) mass is 230 g/mol. The van der Waals surface area contributed by atoms with Gasteiger partial charge in [-0.3, -0.25) is 4.68 Å². The van der Waals surface area contributed by atoms with Crippen LogP contribution >= 0.6 is 0 Å². The maximum absolute atomic E-state index is 4.63. The Morgan fingerprint density at radius 2 is 1.94 bits per heavy atom. The van der Waals surface area contributed by atoms with Gasteiger partial charge in [0.2, 0.25) is 0 Å². The maximum Gasteiger partial charge on any atom is 0.0728 e. The zero-order chi connectivity index (χ0) is 12.6. The highest BCUT2D eigenvalue weighted by Crippen LogP contribution is 2.28. The normalized spacial score (nSPS) is 13.5. The number of hydrogen-bond donors (Lipinski definition) is 0. The topological polar surface area (TPSA) is 17.8 Å². The zero-order valence-corrected chi connectivity index (χ0v) is 11.5. The molecule has 1 aromatic heterocycles. The van der Waals surface area contributed by atoms with Crippen molar-refractivity contribution in [3.63, 3.8) is 0 Å². The van der Waals surface area contributed by atoms with Crippen molar-refractivity contribution in [2.45, 2.75) is 46.0 Å². The van der Waals surface area contributed by atoms with Crippen LogP contribution in [0.3, 0.4) is 0 Å². The number of aryl methyl sites for hydroxylation is 1. The second kappa shape index (κ2) is 4.52. The minimum absolute atomic E-state index is 0.480. The quantitative estimate of drug-likeness (QED) is 0.772. The van der Waals surface area contributed by atoms with Crippen molar-refractivity contribution in [1.29, 1.82) is 0 Å². The van der Waals surface area contributed by atoms with Crippen LogP contribution in [-0.2, 0) is 7.05 Å². The Labute approximate surface area is 104 Å². The van der Waals surface area contributed by atoms with Gasteiger partial charge in [0.05, 0.1) is 11.2 Å². The van der Waals surface area contributed by atoms with Crippen molar-refractivity contribution < 1.29 is 0 Å². The van der Waals surface area contributed by atoms with Crippen LogP contribution in [0.25, 0.3) is 10.9 Å². The highest BCUT2D eigenvalue weighted by atomic mass is 15.3. The second-order valence-corrected chi connectivity index (χ2v) is 5.25. The van der Waals surface area contributed by atoms with Gasteiger partial charge in [-0.1, -0.05) is 39.8 Å². The predicted octanol–water partition coefficient (Wildman–Crippen LogP) is 4.21. The lowest BCUT2D eigenvalue weighted by Crippen LogP contribution is -1.94. The van der Waals surface area contributed by atoms with Gasteiger partial charge in [-0.15, -0.1) is 0 Å². The molecule has 1 unspecified atom stereocenters. The van der Waals surface area contributed by atoms with Gasteiger partial charge in [0.15, 0.2) is 0 Å². The van der Waals surface area contributed by atoms with Gasteiger partial charge in [-0.05, 0) is 29.9 Å².